The molecule has 2 heterocycles. The fraction of sp³-hybridized carbons (Fsp3) is 0.458. The summed E-state index contributed by atoms with van der Waals surface area (Å²) in [4.78, 5) is 14.1. The molecule has 0 saturated carbocycles. The second-order valence-electron chi connectivity index (χ2n) is 8.29. The maximum absolute atomic E-state index is 11.7. The van der Waals surface area contributed by atoms with E-state index in [0.29, 0.717) is 18.9 Å². The van der Waals surface area contributed by atoms with Gasteiger partial charge >= 0.3 is 0 Å². The van der Waals surface area contributed by atoms with Crippen LogP contribution in [0.4, 0.5) is 5.69 Å². The first kappa shape index (κ1) is 21.8. The number of likely N-dealkylation sites (tertiary alicyclic amines) is 1. The summed E-state index contributed by atoms with van der Waals surface area (Å²) in [7, 11) is 0. The molecule has 2 aliphatic rings. The van der Waals surface area contributed by atoms with Gasteiger partial charge in [-0.3, -0.25) is 4.79 Å². The van der Waals surface area contributed by atoms with Crippen LogP contribution in [0, 0.1) is 5.92 Å². The van der Waals surface area contributed by atoms with Crippen molar-refractivity contribution in [3.63, 3.8) is 0 Å². The van der Waals surface area contributed by atoms with E-state index < -0.39 is 6.10 Å². The third-order valence-corrected chi connectivity index (χ3v) is 6.04. The standard InChI is InChI=1S/C24H30N2O2.ClH/c27-23(21-11-12-22-20(15-21)9-4-10-24(28)25-22)17-26-13-5-8-19(16-26)14-18-6-2-1-3-7-18;/h1-3,6-7,11-12,15,19,23,27H,4-5,8-10,13-14,16-17H2,(H,25,28);1H/t19-,23?;/m1./s1. The van der Waals surface area contributed by atoms with Gasteiger partial charge in [0.15, 0.2) is 0 Å². The molecule has 156 valence electrons. The van der Waals surface area contributed by atoms with E-state index in [-0.39, 0.29) is 18.3 Å². The molecule has 5 heteroatoms. The Kier molecular flexibility index (Phi) is 7.70. The van der Waals surface area contributed by atoms with Crippen molar-refractivity contribution in [2.24, 2.45) is 5.92 Å². The third kappa shape index (κ3) is 5.81. The van der Waals surface area contributed by atoms with Gasteiger partial charge in [-0.05, 0) is 67.3 Å². The topological polar surface area (TPSA) is 52.6 Å². The molecule has 0 spiro atoms. The van der Waals surface area contributed by atoms with Crippen LogP contribution in [-0.4, -0.2) is 35.5 Å². The number of carbonyl (C=O) groups excluding carboxylic acids is 1. The summed E-state index contributed by atoms with van der Waals surface area (Å²) in [5, 5.41) is 13.8. The molecule has 0 bridgehead atoms. The summed E-state index contributed by atoms with van der Waals surface area (Å²) < 4.78 is 0. The lowest BCUT2D eigenvalue weighted by Crippen LogP contribution is -2.38. The Labute approximate surface area is 179 Å². The Bertz CT molecular complexity index is 812. The van der Waals surface area contributed by atoms with Gasteiger partial charge in [-0.2, -0.15) is 0 Å². The van der Waals surface area contributed by atoms with Crippen molar-refractivity contribution >= 4 is 24.0 Å². The van der Waals surface area contributed by atoms with E-state index in [1.54, 1.807) is 0 Å². The van der Waals surface area contributed by atoms with Crippen molar-refractivity contribution in [3.05, 3.63) is 65.2 Å². The fourth-order valence-corrected chi connectivity index (χ4v) is 4.58. The monoisotopic (exact) mass is 414 g/mol. The number of nitrogens with one attached hydrogen (secondary N) is 1. The molecule has 2 atom stereocenters. The SMILES string of the molecule is Cl.O=C1CCCc2cc(C(O)CN3CCC[C@H](Cc4ccccc4)C3)ccc2N1. The quantitative estimate of drug-likeness (QED) is 0.763. The summed E-state index contributed by atoms with van der Waals surface area (Å²) in [5.74, 6) is 0.746. The summed E-state index contributed by atoms with van der Waals surface area (Å²) in [5.41, 5.74) is 4.41. The van der Waals surface area contributed by atoms with Crippen LogP contribution in [0.2, 0.25) is 0 Å². The van der Waals surface area contributed by atoms with Crippen molar-refractivity contribution in [1.29, 1.82) is 0 Å². The molecular weight excluding hydrogens is 384 g/mol. The van der Waals surface area contributed by atoms with Crippen LogP contribution in [-0.2, 0) is 17.6 Å². The minimum absolute atomic E-state index is 0. The number of hydrogen-bond donors (Lipinski definition) is 2. The van der Waals surface area contributed by atoms with Crippen LogP contribution in [0.25, 0.3) is 0 Å². The van der Waals surface area contributed by atoms with E-state index in [0.717, 1.165) is 49.2 Å². The van der Waals surface area contributed by atoms with Gasteiger partial charge in [0.1, 0.15) is 0 Å². The van der Waals surface area contributed by atoms with Crippen molar-refractivity contribution in [3.8, 4) is 0 Å². The minimum atomic E-state index is -0.486. The second kappa shape index (κ2) is 10.2. The highest BCUT2D eigenvalue weighted by molar-refractivity contribution is 5.92. The summed E-state index contributed by atoms with van der Waals surface area (Å²) in [6.07, 6.45) is 5.42. The molecule has 2 aromatic rings. The van der Waals surface area contributed by atoms with Gasteiger partial charge in [-0.15, -0.1) is 12.4 Å². The molecule has 4 nitrogen and oxygen atoms in total. The van der Waals surface area contributed by atoms with Gasteiger partial charge in [0.2, 0.25) is 5.91 Å². The second-order valence-corrected chi connectivity index (χ2v) is 8.29. The van der Waals surface area contributed by atoms with Gasteiger partial charge in [0, 0.05) is 25.2 Å². The average Bonchev–Trinajstić information content (AvgIpc) is 2.89. The number of amides is 1. The number of nitrogens with zero attached hydrogens (tertiary/aromatic N) is 1. The van der Waals surface area contributed by atoms with E-state index >= 15 is 0 Å². The lowest BCUT2D eigenvalue weighted by atomic mass is 9.91. The van der Waals surface area contributed by atoms with E-state index in [1.165, 1.54) is 18.4 Å². The first-order valence-corrected chi connectivity index (χ1v) is 10.5. The largest absolute Gasteiger partial charge is 0.387 e. The highest BCUT2D eigenvalue weighted by Gasteiger charge is 2.23. The number of rotatable bonds is 5. The molecule has 0 aliphatic carbocycles. The number of aliphatic hydroxyl groups excluding tert-OH is 1. The summed E-state index contributed by atoms with van der Waals surface area (Å²) in [6.45, 7) is 2.78. The predicted molar refractivity (Wildman–Crippen MR) is 120 cm³/mol. The van der Waals surface area contributed by atoms with Crippen molar-refractivity contribution in [1.82, 2.24) is 4.90 Å². The van der Waals surface area contributed by atoms with Gasteiger partial charge in [0.05, 0.1) is 6.10 Å². The average molecular weight is 415 g/mol. The highest BCUT2D eigenvalue weighted by Crippen LogP contribution is 2.28. The van der Waals surface area contributed by atoms with E-state index in [1.807, 2.05) is 12.1 Å². The number of carbonyl (C=O) groups is 1. The summed E-state index contributed by atoms with van der Waals surface area (Å²) in [6, 6.07) is 16.7. The number of piperidine rings is 1. The Morgan fingerprint density at radius 2 is 1.93 bits per heavy atom. The number of β-amino-alcohol motifs (C(OH)–C–C–N with tert-alkyl or cyclic N) is 1. The maximum Gasteiger partial charge on any atom is 0.224 e. The number of hydrogen-bond acceptors (Lipinski definition) is 3. The Hall–Kier alpha value is -1.88. The van der Waals surface area contributed by atoms with Crippen LogP contribution in [0.3, 0.4) is 0 Å². The molecule has 2 aliphatic heterocycles. The molecule has 29 heavy (non-hydrogen) atoms. The lowest BCUT2D eigenvalue weighted by Gasteiger charge is -2.34. The number of aryl methyl sites for hydroxylation is 1. The van der Waals surface area contributed by atoms with E-state index in [2.05, 4.69) is 46.6 Å². The van der Waals surface area contributed by atoms with Crippen LogP contribution in [0.1, 0.15) is 48.5 Å². The molecule has 1 amide bonds. The Morgan fingerprint density at radius 1 is 1.10 bits per heavy atom. The van der Waals surface area contributed by atoms with Crippen LogP contribution >= 0.6 is 12.4 Å². The number of aliphatic hydroxyl groups is 1. The molecule has 1 unspecified atom stereocenters. The molecule has 0 radical (unpaired) electrons. The minimum Gasteiger partial charge on any atom is -0.387 e. The molecule has 1 fully saturated rings. The zero-order valence-electron chi connectivity index (χ0n) is 16.8. The molecule has 4 rings (SSSR count). The normalized spacial score (nSPS) is 20.7. The maximum atomic E-state index is 11.7. The van der Waals surface area contributed by atoms with Gasteiger partial charge < -0.3 is 15.3 Å². The Morgan fingerprint density at radius 3 is 2.76 bits per heavy atom. The molecule has 2 N–H and O–H groups in total. The van der Waals surface area contributed by atoms with E-state index in [4.69, 9.17) is 0 Å². The molecular formula is C24H31ClN2O2. The van der Waals surface area contributed by atoms with Crippen LogP contribution in [0.15, 0.2) is 48.5 Å². The molecule has 2 aromatic carbocycles. The smallest absolute Gasteiger partial charge is 0.224 e. The third-order valence-electron chi connectivity index (χ3n) is 6.04. The number of anilines is 1. The van der Waals surface area contributed by atoms with Gasteiger partial charge in [0.25, 0.3) is 0 Å². The fourth-order valence-electron chi connectivity index (χ4n) is 4.58. The van der Waals surface area contributed by atoms with Crippen LogP contribution in [0.5, 0.6) is 0 Å². The van der Waals surface area contributed by atoms with E-state index in [9.17, 15) is 9.90 Å². The van der Waals surface area contributed by atoms with Gasteiger partial charge in [-0.25, -0.2) is 0 Å². The van der Waals surface area contributed by atoms with Gasteiger partial charge in [-0.1, -0.05) is 42.5 Å². The first-order chi connectivity index (χ1) is 13.7. The number of halogens is 1. The van der Waals surface area contributed by atoms with Crippen molar-refractivity contribution in [2.45, 2.75) is 44.6 Å². The zero-order chi connectivity index (χ0) is 19.3. The first-order valence-electron chi connectivity index (χ1n) is 10.5. The predicted octanol–water partition coefficient (Wildman–Crippen LogP) is 4.37. The number of benzene rings is 2. The van der Waals surface area contributed by atoms with Crippen molar-refractivity contribution < 1.29 is 9.90 Å². The summed E-state index contributed by atoms with van der Waals surface area (Å²) >= 11 is 0. The molecule has 1 saturated heterocycles. The van der Waals surface area contributed by atoms with Crippen molar-refractivity contribution in [2.75, 3.05) is 25.0 Å². The Balaban J connectivity index is 0.00000240. The number of fused-ring (bicyclic) bond motifs is 1. The lowest BCUT2D eigenvalue weighted by molar-refractivity contribution is -0.116. The zero-order valence-corrected chi connectivity index (χ0v) is 17.7. The van der Waals surface area contributed by atoms with Crippen LogP contribution < -0.4 is 5.32 Å². The highest BCUT2D eigenvalue weighted by atomic mass is 35.5. The molecule has 0 aromatic heterocycles.